The van der Waals surface area contributed by atoms with Crippen LogP contribution in [0, 0.1) is 22.7 Å². The van der Waals surface area contributed by atoms with Gasteiger partial charge in [0.2, 0.25) is 11.8 Å². The highest BCUT2D eigenvalue weighted by molar-refractivity contribution is 7.59. The number of carboxylic acids is 2. The minimum absolute atomic E-state index is 0. The van der Waals surface area contributed by atoms with Crippen molar-refractivity contribution in [2.45, 2.75) is 33.8 Å². The molecule has 1 atom stereocenters. The van der Waals surface area contributed by atoms with Crippen molar-refractivity contribution in [2.75, 3.05) is 75.8 Å². The number of nitrogens with zero attached hydrogens (tertiary/aromatic N) is 6. The number of carboxylic acid groups (broad SMARTS) is 2. The number of pyridine rings is 2. The number of likely N-dealkylation sites (N-methyl/N-ethyl adjacent to an activating group) is 2. The average Bonchev–Trinajstić information content (AvgIpc) is 1.38. The minimum atomic E-state index is -1.79. The van der Waals surface area contributed by atoms with E-state index in [1.54, 1.807) is 36.4 Å². The van der Waals surface area contributed by atoms with Crippen molar-refractivity contribution >= 4 is 93.2 Å². The van der Waals surface area contributed by atoms with Gasteiger partial charge in [-0.25, -0.2) is 4.79 Å². The quantitative estimate of drug-likeness (QED) is 0.0293. The molecule has 0 saturated carbocycles. The van der Waals surface area contributed by atoms with Gasteiger partial charge in [0.25, 0.3) is 0 Å². The zero-order valence-corrected chi connectivity index (χ0v) is 49.1. The molecule has 21 nitrogen and oxygen atoms in total. The Kier molecular flexibility index (Phi) is 27.7. The molecule has 2 amide bonds. The van der Waals surface area contributed by atoms with Crippen LogP contribution < -0.4 is 40.2 Å². The topological polar surface area (TPSA) is 294 Å². The zero-order chi connectivity index (χ0) is 61.3. The Bertz CT molecular complexity index is 3500. The largest absolute Gasteiger partial charge is 0.492 e. The molecule has 0 bridgehead atoms. The normalized spacial score (nSPS) is 10.8. The smallest absolute Gasteiger partial charge is 0.333 e. The van der Waals surface area contributed by atoms with Crippen molar-refractivity contribution in [1.29, 1.82) is 10.5 Å². The van der Waals surface area contributed by atoms with Crippen LogP contribution in [-0.2, 0) is 19.2 Å². The zero-order valence-electron chi connectivity index (χ0n) is 48.1. The lowest BCUT2D eigenvalue weighted by Gasteiger charge is -2.16. The molecule has 22 heteroatoms. The van der Waals surface area contributed by atoms with Gasteiger partial charge in [-0.1, -0.05) is 56.0 Å². The lowest BCUT2D eigenvalue weighted by molar-refractivity contribution is -0.152. The molecule has 2 aromatic heterocycles. The SMILES string of the molecule is C.CCOc1cc2ncc(C#N)c(Nc3ccc(Oc4ccccc4)cc3)c2cc1NC(=O)/C=C/CN(C)C.CCOc1cc2ncc(C#N)c(Nc3ccc(Oc4ccccc4)cc3)c2cc1NC(=O)/C=C/CN(C)C.O=C(O)C[C@H](O)C(=O)O.S. The third-order valence-electron chi connectivity index (χ3n) is 11.6. The number of anilines is 6. The summed E-state index contributed by atoms with van der Waals surface area (Å²) in [5, 5.41) is 57.6. The van der Waals surface area contributed by atoms with E-state index in [9.17, 15) is 29.7 Å². The van der Waals surface area contributed by atoms with E-state index in [2.05, 4.69) is 43.4 Å². The van der Waals surface area contributed by atoms with Crippen LogP contribution in [0.2, 0.25) is 0 Å². The number of aliphatic carboxylic acids is 2. The summed E-state index contributed by atoms with van der Waals surface area (Å²) in [6, 6.07) is 45.5. The monoisotopic (exact) mass is 1200 g/mol. The van der Waals surface area contributed by atoms with E-state index in [1.807, 2.05) is 161 Å². The van der Waals surface area contributed by atoms with Gasteiger partial charge in [0.1, 0.15) is 46.6 Å². The van der Waals surface area contributed by atoms with Crippen LogP contribution in [0.25, 0.3) is 21.8 Å². The van der Waals surface area contributed by atoms with E-state index in [-0.39, 0.29) is 32.7 Å². The summed E-state index contributed by atoms with van der Waals surface area (Å²) in [5.41, 5.74) is 5.66. The lowest BCUT2D eigenvalue weighted by atomic mass is 10.1. The Balaban J connectivity index is 0.000000320. The predicted molar refractivity (Wildman–Crippen MR) is 343 cm³/mol. The van der Waals surface area contributed by atoms with Gasteiger partial charge in [0.15, 0.2) is 6.10 Å². The molecule has 2 heterocycles. The van der Waals surface area contributed by atoms with Crippen LogP contribution in [0.3, 0.4) is 0 Å². The molecule has 0 saturated heterocycles. The summed E-state index contributed by atoms with van der Waals surface area (Å²) in [6.07, 6.45) is 7.04. The maximum absolute atomic E-state index is 12.6. The minimum Gasteiger partial charge on any atom is -0.492 e. The maximum atomic E-state index is 12.6. The Labute approximate surface area is 512 Å². The summed E-state index contributed by atoms with van der Waals surface area (Å²) in [6.45, 7) is 5.87. The van der Waals surface area contributed by atoms with Crippen LogP contribution in [-0.4, -0.2) is 119 Å². The molecule has 0 aliphatic carbocycles. The summed E-state index contributed by atoms with van der Waals surface area (Å²) in [4.78, 5) is 57.4. The molecule has 87 heavy (non-hydrogen) atoms. The Morgan fingerprint density at radius 3 is 1.26 bits per heavy atom. The highest BCUT2D eigenvalue weighted by Gasteiger charge is 2.19. The Morgan fingerprint density at radius 1 is 0.586 bits per heavy atom. The van der Waals surface area contributed by atoms with E-state index in [1.165, 1.54) is 24.5 Å². The molecule has 7 N–H and O–H groups in total. The van der Waals surface area contributed by atoms with Crippen molar-refractivity contribution in [3.05, 3.63) is 181 Å². The number of nitrogens with one attached hydrogen (secondary N) is 4. The summed E-state index contributed by atoms with van der Waals surface area (Å²) in [7, 11) is 7.71. The van der Waals surface area contributed by atoms with Crippen molar-refractivity contribution in [3.63, 3.8) is 0 Å². The molecular formula is C65H70N10O11S. The molecule has 8 rings (SSSR count). The fourth-order valence-electron chi connectivity index (χ4n) is 7.72. The third kappa shape index (κ3) is 21.6. The number of aliphatic hydroxyl groups is 1. The number of benzene rings is 6. The van der Waals surface area contributed by atoms with Gasteiger partial charge < -0.3 is 65.3 Å². The first-order valence-corrected chi connectivity index (χ1v) is 26.5. The van der Waals surface area contributed by atoms with E-state index in [0.717, 1.165) is 22.9 Å². The number of rotatable bonds is 23. The van der Waals surface area contributed by atoms with Crippen molar-refractivity contribution < 1.29 is 53.4 Å². The number of amides is 2. The molecular weight excluding hydrogens is 1130 g/mol. The number of nitriles is 2. The number of carbonyl (C=O) groups is 4. The first-order chi connectivity index (χ1) is 41.0. The van der Waals surface area contributed by atoms with Crippen molar-refractivity contribution in [3.8, 4) is 46.6 Å². The maximum Gasteiger partial charge on any atom is 0.333 e. The van der Waals surface area contributed by atoms with Crippen LogP contribution in [0.4, 0.5) is 34.1 Å². The van der Waals surface area contributed by atoms with Gasteiger partial charge in [-0.2, -0.15) is 24.0 Å². The standard InChI is InChI=1S/2C30H29N5O3.C4H6O5.CH4.H2S/c2*1-4-37-28-18-26-25(17-27(28)34-29(36)11-8-16-35(2)3)30(21(19-31)20-32-26)33-22-12-14-24(15-13-22)38-23-9-6-5-7-10-23;5-2(4(8)9)1-3(6)7;;/h2*5-15,17-18,20H,4,16H2,1-3H3,(H,32,33)(H,34,36);2,5H,1H2,(H,6,7)(H,8,9);1H4;1H2/b2*11-8+;;;/t;;2-;;/m..0../s1. The Morgan fingerprint density at radius 2 is 0.954 bits per heavy atom. The summed E-state index contributed by atoms with van der Waals surface area (Å²) in [5.74, 6) is 0.473. The summed E-state index contributed by atoms with van der Waals surface area (Å²) >= 11 is 0. The molecule has 452 valence electrons. The van der Waals surface area contributed by atoms with E-state index in [0.29, 0.717) is 105 Å². The first-order valence-electron chi connectivity index (χ1n) is 26.5. The summed E-state index contributed by atoms with van der Waals surface area (Å²) < 4.78 is 23.3. The fraction of sp³-hybridized carbons (Fsp3) is 0.200. The second kappa shape index (κ2) is 35.0. The molecule has 0 aliphatic heterocycles. The van der Waals surface area contributed by atoms with Crippen LogP contribution >= 0.6 is 13.5 Å². The molecule has 6 aromatic carbocycles. The third-order valence-corrected chi connectivity index (χ3v) is 11.6. The number of ether oxygens (including phenoxy) is 4. The van der Waals surface area contributed by atoms with Crippen LogP contribution in [0.15, 0.2) is 170 Å². The van der Waals surface area contributed by atoms with Crippen molar-refractivity contribution in [2.24, 2.45) is 0 Å². The average molecular weight is 1200 g/mol. The molecule has 0 aliphatic rings. The highest BCUT2D eigenvalue weighted by atomic mass is 32.1. The lowest BCUT2D eigenvalue weighted by Crippen LogP contribution is -2.22. The molecule has 0 radical (unpaired) electrons. The van der Waals surface area contributed by atoms with Crippen LogP contribution in [0.1, 0.15) is 38.8 Å². The Hall–Kier alpha value is -10.5. The van der Waals surface area contributed by atoms with Gasteiger partial charge in [-0.3, -0.25) is 24.4 Å². The van der Waals surface area contributed by atoms with Crippen LogP contribution in [0.5, 0.6) is 34.5 Å². The van der Waals surface area contributed by atoms with Gasteiger partial charge in [0.05, 0.1) is 64.5 Å². The fourth-order valence-corrected chi connectivity index (χ4v) is 7.72. The second-order valence-corrected chi connectivity index (χ2v) is 18.8. The molecule has 0 spiro atoms. The molecule has 8 aromatic rings. The number of hydrogen-bond acceptors (Lipinski definition) is 17. The number of carbonyl (C=O) groups excluding carboxylic acids is 2. The highest BCUT2D eigenvalue weighted by Crippen LogP contribution is 2.38. The van der Waals surface area contributed by atoms with Gasteiger partial charge in [-0.15, -0.1) is 0 Å². The molecule has 0 unspecified atom stereocenters. The number of aliphatic hydroxyl groups excluding tert-OH is 1. The van der Waals surface area contributed by atoms with Crippen molar-refractivity contribution in [1.82, 2.24) is 19.8 Å². The number of para-hydroxylation sites is 2. The first kappa shape index (κ1) is 69.0. The number of aromatic nitrogens is 2. The van der Waals surface area contributed by atoms with E-state index < -0.39 is 24.5 Å². The number of hydrogen-bond donors (Lipinski definition) is 7. The van der Waals surface area contributed by atoms with Gasteiger partial charge in [0, 0.05) is 71.9 Å². The second-order valence-electron chi connectivity index (χ2n) is 18.8. The molecule has 0 fully saturated rings. The predicted octanol–water partition coefficient (Wildman–Crippen LogP) is 11.9. The number of fused-ring (bicyclic) bond motifs is 2. The van der Waals surface area contributed by atoms with Gasteiger partial charge >= 0.3 is 11.9 Å². The van der Waals surface area contributed by atoms with E-state index in [4.69, 9.17) is 34.3 Å². The van der Waals surface area contributed by atoms with Gasteiger partial charge in [-0.05, 0) is 127 Å². The van der Waals surface area contributed by atoms with E-state index >= 15 is 0 Å².